The fourth-order valence-corrected chi connectivity index (χ4v) is 4.02. The second-order valence-corrected chi connectivity index (χ2v) is 8.83. The molecule has 3 rings (SSSR count). The van der Waals surface area contributed by atoms with E-state index in [4.69, 9.17) is 5.11 Å². The molecule has 0 aromatic heterocycles. The molecule has 1 fully saturated rings. The molecule has 1 heterocycles. The summed E-state index contributed by atoms with van der Waals surface area (Å²) in [5.41, 5.74) is 1.61. The van der Waals surface area contributed by atoms with Gasteiger partial charge in [0, 0.05) is 30.8 Å². The zero-order chi connectivity index (χ0) is 19.6. The van der Waals surface area contributed by atoms with Gasteiger partial charge in [-0.1, -0.05) is 12.1 Å². The predicted molar refractivity (Wildman–Crippen MR) is 101 cm³/mol. The molecule has 1 saturated heterocycles. The Morgan fingerprint density at radius 2 is 1.78 bits per heavy atom. The molecule has 7 heteroatoms. The fraction of sp³-hybridized carbons (Fsp3) is 0.300. The Morgan fingerprint density at radius 1 is 1.07 bits per heavy atom. The molecule has 27 heavy (non-hydrogen) atoms. The number of rotatable bonds is 4. The van der Waals surface area contributed by atoms with Crippen LogP contribution in [0.1, 0.15) is 45.0 Å². The Bertz CT molecular complexity index is 966. The van der Waals surface area contributed by atoms with Gasteiger partial charge < -0.3 is 10.0 Å². The van der Waals surface area contributed by atoms with Crippen molar-refractivity contribution in [2.45, 2.75) is 23.7 Å². The van der Waals surface area contributed by atoms with E-state index in [1.807, 2.05) is 6.07 Å². The third-order valence-corrected chi connectivity index (χ3v) is 5.97. The quantitative estimate of drug-likeness (QED) is 0.871. The number of amides is 1. The van der Waals surface area contributed by atoms with Gasteiger partial charge in [0.05, 0.1) is 10.5 Å². The molecule has 1 unspecified atom stereocenters. The Morgan fingerprint density at radius 3 is 2.41 bits per heavy atom. The smallest absolute Gasteiger partial charge is 0.335 e. The maximum absolute atomic E-state index is 12.8. The van der Waals surface area contributed by atoms with Crippen LogP contribution in [0.15, 0.2) is 53.4 Å². The van der Waals surface area contributed by atoms with Crippen LogP contribution in [0.5, 0.6) is 0 Å². The van der Waals surface area contributed by atoms with Crippen LogP contribution in [0.25, 0.3) is 0 Å². The van der Waals surface area contributed by atoms with E-state index in [2.05, 4.69) is 0 Å². The molecule has 1 amide bonds. The first-order valence-electron chi connectivity index (χ1n) is 8.68. The van der Waals surface area contributed by atoms with Gasteiger partial charge in [0.2, 0.25) is 0 Å². The minimum Gasteiger partial charge on any atom is -0.478 e. The van der Waals surface area contributed by atoms with Crippen LogP contribution in [0, 0.1) is 0 Å². The van der Waals surface area contributed by atoms with Crippen molar-refractivity contribution in [3.63, 3.8) is 0 Å². The summed E-state index contributed by atoms with van der Waals surface area (Å²) in [5, 5.41) is 9.17. The summed E-state index contributed by atoms with van der Waals surface area (Å²) < 4.78 is 23.1. The molecular formula is C20H21NO5S. The van der Waals surface area contributed by atoms with E-state index in [-0.39, 0.29) is 22.3 Å². The van der Waals surface area contributed by atoms with Crippen molar-refractivity contribution in [2.75, 3.05) is 19.3 Å². The van der Waals surface area contributed by atoms with Crippen molar-refractivity contribution in [3.8, 4) is 0 Å². The van der Waals surface area contributed by atoms with Gasteiger partial charge in [0.15, 0.2) is 9.84 Å². The maximum Gasteiger partial charge on any atom is 0.335 e. The SMILES string of the molecule is CS(=O)(=O)c1ccc(C(=O)N2CCCC(c3cccc(C(=O)O)c3)C2)cc1. The molecule has 1 N–H and O–H groups in total. The molecule has 1 atom stereocenters. The van der Waals surface area contributed by atoms with Crippen molar-refractivity contribution in [3.05, 3.63) is 65.2 Å². The van der Waals surface area contributed by atoms with Crippen molar-refractivity contribution in [2.24, 2.45) is 0 Å². The molecule has 0 saturated carbocycles. The maximum atomic E-state index is 12.8. The normalized spacial score (nSPS) is 17.5. The highest BCUT2D eigenvalue weighted by atomic mass is 32.2. The first-order valence-corrected chi connectivity index (χ1v) is 10.6. The summed E-state index contributed by atoms with van der Waals surface area (Å²) in [6, 6.07) is 12.8. The minimum absolute atomic E-state index is 0.0808. The highest BCUT2D eigenvalue weighted by Gasteiger charge is 2.26. The monoisotopic (exact) mass is 387 g/mol. The summed E-state index contributed by atoms with van der Waals surface area (Å²) in [7, 11) is -3.30. The lowest BCUT2D eigenvalue weighted by Crippen LogP contribution is -2.39. The van der Waals surface area contributed by atoms with Gasteiger partial charge in [0.25, 0.3) is 5.91 Å². The van der Waals surface area contributed by atoms with Crippen LogP contribution >= 0.6 is 0 Å². The van der Waals surface area contributed by atoms with Crippen molar-refractivity contribution in [1.82, 2.24) is 4.90 Å². The number of nitrogens with zero attached hydrogens (tertiary/aromatic N) is 1. The number of hydrogen-bond acceptors (Lipinski definition) is 4. The largest absolute Gasteiger partial charge is 0.478 e. The van der Waals surface area contributed by atoms with Crippen molar-refractivity contribution < 1.29 is 23.1 Å². The van der Waals surface area contributed by atoms with Crippen LogP contribution in [0.4, 0.5) is 0 Å². The summed E-state index contributed by atoms with van der Waals surface area (Å²) in [4.78, 5) is 25.9. The molecule has 2 aromatic rings. The number of hydrogen-bond donors (Lipinski definition) is 1. The van der Waals surface area contributed by atoms with Crippen LogP contribution in [0.3, 0.4) is 0 Å². The van der Waals surface area contributed by atoms with Crippen LogP contribution in [-0.4, -0.2) is 49.6 Å². The van der Waals surface area contributed by atoms with Crippen LogP contribution < -0.4 is 0 Å². The van der Waals surface area contributed by atoms with Crippen LogP contribution in [0.2, 0.25) is 0 Å². The third-order valence-electron chi connectivity index (χ3n) is 4.84. The third kappa shape index (κ3) is 4.36. The first-order chi connectivity index (χ1) is 12.8. The van der Waals surface area contributed by atoms with E-state index in [9.17, 15) is 18.0 Å². The van der Waals surface area contributed by atoms with E-state index in [1.165, 1.54) is 24.3 Å². The Labute approximate surface area is 158 Å². The number of carboxylic acids is 1. The first kappa shape index (κ1) is 19.1. The summed E-state index contributed by atoms with van der Waals surface area (Å²) in [6.45, 7) is 1.14. The fourth-order valence-electron chi connectivity index (χ4n) is 3.39. The highest BCUT2D eigenvalue weighted by Crippen LogP contribution is 2.28. The number of carbonyl (C=O) groups excluding carboxylic acids is 1. The van der Waals surface area contributed by atoms with Crippen molar-refractivity contribution >= 4 is 21.7 Å². The Kier molecular flexibility index (Phi) is 5.32. The van der Waals surface area contributed by atoms with E-state index >= 15 is 0 Å². The van der Waals surface area contributed by atoms with Crippen molar-refractivity contribution in [1.29, 1.82) is 0 Å². The van der Waals surface area contributed by atoms with Gasteiger partial charge in [-0.3, -0.25) is 4.79 Å². The molecule has 0 spiro atoms. The van der Waals surface area contributed by atoms with E-state index in [1.54, 1.807) is 23.1 Å². The predicted octanol–water partition coefficient (Wildman–Crippen LogP) is 2.81. The lowest BCUT2D eigenvalue weighted by molar-refractivity contribution is 0.0688. The standard InChI is InChI=1S/C20H21NO5S/c1-27(25,26)18-9-7-14(8-10-18)19(22)21-11-3-6-17(13-21)15-4-2-5-16(12-15)20(23)24/h2,4-5,7-10,12,17H,3,6,11,13H2,1H3,(H,23,24). The number of carbonyl (C=O) groups is 2. The van der Waals surface area contributed by atoms with E-state index < -0.39 is 15.8 Å². The van der Waals surface area contributed by atoms with Gasteiger partial charge >= 0.3 is 5.97 Å². The van der Waals surface area contributed by atoms with Crippen LogP contribution in [-0.2, 0) is 9.84 Å². The molecule has 1 aliphatic rings. The molecule has 2 aromatic carbocycles. The van der Waals surface area contributed by atoms with Gasteiger partial charge in [-0.2, -0.15) is 0 Å². The lowest BCUT2D eigenvalue weighted by atomic mass is 9.89. The number of aromatic carboxylic acids is 1. The summed E-state index contributed by atoms with van der Waals surface area (Å²) >= 11 is 0. The molecule has 142 valence electrons. The molecular weight excluding hydrogens is 366 g/mol. The van der Waals surface area contributed by atoms with E-state index in [0.29, 0.717) is 18.7 Å². The lowest BCUT2D eigenvalue weighted by Gasteiger charge is -2.33. The Hall–Kier alpha value is -2.67. The zero-order valence-electron chi connectivity index (χ0n) is 15.0. The highest BCUT2D eigenvalue weighted by molar-refractivity contribution is 7.90. The molecule has 0 radical (unpaired) electrons. The average molecular weight is 387 g/mol. The minimum atomic E-state index is -3.30. The van der Waals surface area contributed by atoms with Gasteiger partial charge in [0.1, 0.15) is 0 Å². The average Bonchev–Trinajstić information content (AvgIpc) is 2.67. The summed E-state index contributed by atoms with van der Waals surface area (Å²) in [5.74, 6) is -1.03. The Balaban J connectivity index is 1.77. The molecule has 0 bridgehead atoms. The molecule has 6 nitrogen and oxygen atoms in total. The number of sulfone groups is 1. The molecule has 0 aliphatic carbocycles. The van der Waals surface area contributed by atoms with Gasteiger partial charge in [-0.05, 0) is 54.8 Å². The number of piperidine rings is 1. The number of likely N-dealkylation sites (tertiary alicyclic amines) is 1. The van der Waals surface area contributed by atoms with Gasteiger partial charge in [-0.25, -0.2) is 13.2 Å². The number of carboxylic acid groups (broad SMARTS) is 1. The van der Waals surface area contributed by atoms with E-state index in [0.717, 1.165) is 24.7 Å². The van der Waals surface area contributed by atoms with Gasteiger partial charge in [-0.15, -0.1) is 0 Å². The topological polar surface area (TPSA) is 91.8 Å². The second kappa shape index (κ2) is 7.52. The molecule has 1 aliphatic heterocycles. The number of benzene rings is 2. The second-order valence-electron chi connectivity index (χ2n) is 6.82. The summed E-state index contributed by atoms with van der Waals surface area (Å²) in [6.07, 6.45) is 2.85. The zero-order valence-corrected chi connectivity index (χ0v) is 15.8.